The summed E-state index contributed by atoms with van der Waals surface area (Å²) in [5, 5.41) is 10.8. The fraction of sp³-hybridized carbons (Fsp3) is 0.424. The van der Waals surface area contributed by atoms with E-state index in [2.05, 4.69) is 0 Å². The molecule has 4 heterocycles. The summed E-state index contributed by atoms with van der Waals surface area (Å²) < 4.78 is 6.91. The Balaban J connectivity index is 1.48. The summed E-state index contributed by atoms with van der Waals surface area (Å²) in [6.07, 6.45) is 7.89. The van der Waals surface area contributed by atoms with Crippen molar-refractivity contribution in [3.8, 4) is 0 Å². The number of fused-ring (bicyclic) bond motifs is 2. The molecule has 0 saturated carbocycles. The molecule has 2 saturated heterocycles. The van der Waals surface area contributed by atoms with Gasteiger partial charge in [-0.25, -0.2) is 0 Å². The molecule has 1 spiro atoms. The van der Waals surface area contributed by atoms with Crippen LogP contribution in [0.1, 0.15) is 31.4 Å². The predicted molar refractivity (Wildman–Crippen MR) is 160 cm³/mol. The topological polar surface area (TPSA) is 90.4 Å². The van der Waals surface area contributed by atoms with E-state index in [9.17, 15) is 19.5 Å². The summed E-state index contributed by atoms with van der Waals surface area (Å²) in [7, 11) is 0. The summed E-state index contributed by atoms with van der Waals surface area (Å²) in [5.41, 5.74) is -0.150. The number of carbonyl (C=O) groups excluding carboxylic acids is 3. The molecule has 6 rings (SSSR count). The van der Waals surface area contributed by atoms with E-state index in [1.165, 1.54) is 4.90 Å². The normalized spacial score (nSPS) is 31.1. The van der Waals surface area contributed by atoms with Gasteiger partial charge in [0.1, 0.15) is 11.6 Å². The van der Waals surface area contributed by atoms with E-state index >= 15 is 0 Å². The SMILES string of the molecule is CC[C@@H](CO)N1C(=O)[C@@H]2[C@@H]3C(=O)N(Cc4ccccc4)CC=C[C@]3(C)O[C@@]23C=CCN(c2c(C)cccc2Cl)C(=O)C13. The van der Waals surface area contributed by atoms with Crippen LogP contribution >= 0.6 is 11.6 Å². The van der Waals surface area contributed by atoms with Crippen molar-refractivity contribution in [3.63, 3.8) is 0 Å². The maximum Gasteiger partial charge on any atom is 0.253 e. The second-order valence-corrected chi connectivity index (χ2v) is 12.3. The lowest BCUT2D eigenvalue weighted by Gasteiger charge is -2.40. The Kier molecular flexibility index (Phi) is 7.28. The minimum Gasteiger partial charge on any atom is -0.394 e. The van der Waals surface area contributed by atoms with Crippen molar-refractivity contribution in [2.24, 2.45) is 11.8 Å². The second kappa shape index (κ2) is 10.7. The van der Waals surface area contributed by atoms with Crippen molar-refractivity contribution in [1.82, 2.24) is 9.80 Å². The highest BCUT2D eigenvalue weighted by Crippen LogP contribution is 2.58. The van der Waals surface area contributed by atoms with Gasteiger partial charge in [0.15, 0.2) is 0 Å². The third kappa shape index (κ3) is 4.22. The first kappa shape index (κ1) is 28.6. The number of benzene rings is 2. The predicted octanol–water partition coefficient (Wildman–Crippen LogP) is 3.89. The van der Waals surface area contributed by atoms with E-state index in [1.807, 2.05) is 87.5 Å². The summed E-state index contributed by atoms with van der Waals surface area (Å²) in [4.78, 5) is 48.5. The highest BCUT2D eigenvalue weighted by atomic mass is 35.5. The van der Waals surface area contributed by atoms with Crippen LogP contribution in [0.15, 0.2) is 72.8 Å². The Bertz CT molecular complexity index is 1450. The van der Waals surface area contributed by atoms with Crippen LogP contribution in [0.5, 0.6) is 0 Å². The lowest BCUT2D eigenvalue weighted by molar-refractivity contribution is -0.151. The van der Waals surface area contributed by atoms with Crippen molar-refractivity contribution >= 4 is 35.0 Å². The Labute approximate surface area is 251 Å². The molecule has 42 heavy (non-hydrogen) atoms. The molecule has 1 N–H and O–H groups in total. The third-order valence-electron chi connectivity index (χ3n) is 9.33. The molecule has 6 atom stereocenters. The number of anilines is 1. The first-order chi connectivity index (χ1) is 20.2. The summed E-state index contributed by atoms with van der Waals surface area (Å²) >= 11 is 6.63. The van der Waals surface area contributed by atoms with Crippen molar-refractivity contribution in [2.75, 3.05) is 24.6 Å². The molecule has 2 aromatic carbocycles. The molecule has 4 aliphatic rings. The molecule has 220 valence electrons. The van der Waals surface area contributed by atoms with Crippen molar-refractivity contribution in [1.29, 1.82) is 0 Å². The van der Waals surface area contributed by atoms with E-state index in [0.29, 0.717) is 30.2 Å². The van der Waals surface area contributed by atoms with Gasteiger partial charge in [-0.3, -0.25) is 14.4 Å². The number of aliphatic hydroxyl groups excluding tert-OH is 1. The molecule has 4 aliphatic heterocycles. The number of hydrogen-bond donors (Lipinski definition) is 1. The van der Waals surface area contributed by atoms with Crippen LogP contribution in [0, 0.1) is 18.8 Å². The van der Waals surface area contributed by atoms with Crippen LogP contribution in [-0.4, -0.2) is 75.6 Å². The number of carbonyl (C=O) groups is 3. The van der Waals surface area contributed by atoms with Crippen molar-refractivity contribution in [3.05, 3.63) is 89.0 Å². The Morgan fingerprint density at radius 2 is 1.71 bits per heavy atom. The molecule has 2 fully saturated rings. The van der Waals surface area contributed by atoms with Gasteiger partial charge >= 0.3 is 0 Å². The van der Waals surface area contributed by atoms with Gasteiger partial charge in [-0.15, -0.1) is 0 Å². The Hall–Kier alpha value is -3.46. The first-order valence-corrected chi connectivity index (χ1v) is 14.9. The average molecular weight is 590 g/mol. The van der Waals surface area contributed by atoms with E-state index < -0.39 is 35.1 Å². The monoisotopic (exact) mass is 589 g/mol. The van der Waals surface area contributed by atoms with Crippen LogP contribution in [0.4, 0.5) is 5.69 Å². The fourth-order valence-electron chi connectivity index (χ4n) is 7.43. The number of aliphatic hydroxyl groups is 1. The van der Waals surface area contributed by atoms with E-state index in [0.717, 1.165) is 11.1 Å². The summed E-state index contributed by atoms with van der Waals surface area (Å²) in [5.74, 6) is -2.70. The molecule has 9 heteroatoms. The van der Waals surface area contributed by atoms with Crippen LogP contribution in [-0.2, 0) is 25.7 Å². The molecule has 0 aromatic heterocycles. The van der Waals surface area contributed by atoms with Crippen molar-refractivity contribution < 1.29 is 24.2 Å². The largest absolute Gasteiger partial charge is 0.394 e. The van der Waals surface area contributed by atoms with Crippen LogP contribution in [0.3, 0.4) is 0 Å². The van der Waals surface area contributed by atoms with Crippen molar-refractivity contribution in [2.45, 2.75) is 57.0 Å². The molecular weight excluding hydrogens is 554 g/mol. The fourth-order valence-corrected chi connectivity index (χ4v) is 7.75. The van der Waals surface area contributed by atoms with Gasteiger partial charge in [-0.2, -0.15) is 0 Å². The lowest BCUT2D eigenvalue weighted by Crippen LogP contribution is -2.59. The lowest BCUT2D eigenvalue weighted by atomic mass is 9.74. The third-order valence-corrected chi connectivity index (χ3v) is 9.63. The number of nitrogens with zero attached hydrogens (tertiary/aromatic N) is 3. The van der Waals surface area contributed by atoms with Gasteiger partial charge in [0, 0.05) is 19.6 Å². The molecule has 3 amide bonds. The molecule has 0 bridgehead atoms. The molecule has 1 unspecified atom stereocenters. The second-order valence-electron chi connectivity index (χ2n) is 11.9. The molecule has 0 radical (unpaired) electrons. The highest BCUT2D eigenvalue weighted by Gasteiger charge is 2.75. The zero-order chi connectivity index (χ0) is 29.8. The zero-order valence-electron chi connectivity index (χ0n) is 24.1. The summed E-state index contributed by atoms with van der Waals surface area (Å²) in [6, 6.07) is 13.5. The van der Waals surface area contributed by atoms with E-state index in [-0.39, 0.29) is 30.9 Å². The first-order valence-electron chi connectivity index (χ1n) is 14.5. The summed E-state index contributed by atoms with van der Waals surface area (Å²) in [6.45, 7) is 6.27. The Morgan fingerprint density at radius 1 is 0.976 bits per heavy atom. The Morgan fingerprint density at radius 3 is 2.40 bits per heavy atom. The number of ether oxygens (including phenoxy) is 1. The van der Waals surface area contributed by atoms with Gasteiger partial charge in [0.2, 0.25) is 11.8 Å². The van der Waals surface area contributed by atoms with Crippen LogP contribution in [0.2, 0.25) is 5.02 Å². The van der Waals surface area contributed by atoms with Crippen LogP contribution < -0.4 is 4.90 Å². The van der Waals surface area contributed by atoms with E-state index in [1.54, 1.807) is 15.9 Å². The number of likely N-dealkylation sites (tertiary alicyclic amines) is 1. The minimum absolute atomic E-state index is 0.192. The average Bonchev–Trinajstić information content (AvgIpc) is 3.25. The smallest absolute Gasteiger partial charge is 0.253 e. The quantitative estimate of drug-likeness (QED) is 0.516. The van der Waals surface area contributed by atoms with Gasteiger partial charge in [-0.1, -0.05) is 85.3 Å². The van der Waals surface area contributed by atoms with Crippen LogP contribution in [0.25, 0.3) is 0 Å². The molecule has 0 aliphatic carbocycles. The number of para-hydroxylation sites is 1. The van der Waals surface area contributed by atoms with Gasteiger partial charge in [-0.05, 0) is 37.5 Å². The maximum absolute atomic E-state index is 14.7. The standard InChI is InChI=1S/C33H36ClN3O5/c1-4-23(20-38)37-28-31(41)36(27-21(2)11-8-14-24(27)34)18-10-16-33(28)26(30(37)40)25-29(39)35(17-9-15-32(25,3)42-33)19-22-12-6-5-7-13-22/h5-16,23,25-26,28,38H,4,17-20H2,1-3H3/t23-,25+,26-,28?,32-,33-/m0/s1. The number of hydrogen-bond acceptors (Lipinski definition) is 5. The number of amides is 3. The molecule has 8 nitrogen and oxygen atoms in total. The zero-order valence-corrected chi connectivity index (χ0v) is 24.8. The molecular formula is C33H36ClN3O5. The number of aryl methyl sites for hydroxylation is 1. The van der Waals surface area contributed by atoms with E-state index in [4.69, 9.17) is 16.3 Å². The number of halogens is 1. The maximum atomic E-state index is 14.7. The number of rotatable bonds is 6. The van der Waals surface area contributed by atoms with Gasteiger partial charge < -0.3 is 24.5 Å². The molecule has 2 aromatic rings. The minimum atomic E-state index is -1.41. The highest BCUT2D eigenvalue weighted by molar-refractivity contribution is 6.34. The van der Waals surface area contributed by atoms with Gasteiger partial charge in [0.05, 0.1) is 40.8 Å². The van der Waals surface area contributed by atoms with Gasteiger partial charge in [0.25, 0.3) is 5.91 Å².